The van der Waals surface area contributed by atoms with Gasteiger partial charge in [0, 0.05) is 29.8 Å². The van der Waals surface area contributed by atoms with Gasteiger partial charge in [-0.05, 0) is 42.0 Å². The summed E-state index contributed by atoms with van der Waals surface area (Å²) in [6.45, 7) is 0. The van der Waals surface area contributed by atoms with E-state index >= 15 is 0 Å². The van der Waals surface area contributed by atoms with E-state index in [-0.39, 0.29) is 18.0 Å². The smallest absolute Gasteiger partial charge is 0.306 e. The largest absolute Gasteiger partial charge is 0.326 e. The highest BCUT2D eigenvalue weighted by Gasteiger charge is 2.15. The monoisotopic (exact) mass is 339 g/mol. The van der Waals surface area contributed by atoms with Crippen molar-refractivity contribution in [3.05, 3.63) is 88.5 Å². The van der Waals surface area contributed by atoms with Gasteiger partial charge in [-0.3, -0.25) is 14.9 Å². The van der Waals surface area contributed by atoms with Gasteiger partial charge in [-0.15, -0.1) is 0 Å². The number of hydrogen-bond acceptors (Lipinski definition) is 3. The first-order valence-electron chi connectivity index (χ1n) is 7.49. The van der Waals surface area contributed by atoms with E-state index in [2.05, 4.69) is 5.32 Å². The van der Waals surface area contributed by atoms with Gasteiger partial charge >= 0.3 is 5.69 Å². The van der Waals surface area contributed by atoms with Crippen LogP contribution < -0.4 is 5.32 Å². The van der Waals surface area contributed by atoms with Crippen LogP contribution >= 0.6 is 0 Å². The Morgan fingerprint density at radius 1 is 1.12 bits per heavy atom. The van der Waals surface area contributed by atoms with Gasteiger partial charge in [0.2, 0.25) is 11.7 Å². The molecule has 0 aliphatic carbocycles. The number of amides is 1. The molecule has 0 saturated heterocycles. The molecule has 0 saturated carbocycles. The lowest BCUT2D eigenvalue weighted by Gasteiger charge is -2.07. The lowest BCUT2D eigenvalue weighted by Crippen LogP contribution is -2.14. The van der Waals surface area contributed by atoms with Crippen molar-refractivity contribution in [1.82, 2.24) is 4.57 Å². The van der Waals surface area contributed by atoms with E-state index in [1.54, 1.807) is 0 Å². The number of anilines is 1. The minimum atomic E-state index is -0.941. The summed E-state index contributed by atoms with van der Waals surface area (Å²) in [5.74, 6) is -1.28. The zero-order valence-corrected chi connectivity index (χ0v) is 13.1. The van der Waals surface area contributed by atoms with Crippen molar-refractivity contribution in [3.63, 3.8) is 0 Å². The molecule has 0 aliphatic rings. The minimum Gasteiger partial charge on any atom is -0.326 e. The van der Waals surface area contributed by atoms with Gasteiger partial charge in [-0.25, -0.2) is 0 Å². The lowest BCUT2D eigenvalue weighted by molar-refractivity contribution is -0.387. The molecule has 0 radical (unpaired) electrons. The van der Waals surface area contributed by atoms with Crippen LogP contribution in [0.15, 0.2) is 67.0 Å². The van der Waals surface area contributed by atoms with E-state index in [9.17, 15) is 19.3 Å². The number of nitro groups is 1. The SMILES string of the molecule is O=C(Cc1ccc(-n2cccc2)cc1)Nc1ccc(F)c([N+](=O)[O-])c1. The molecule has 1 heterocycles. The molecule has 3 rings (SSSR count). The summed E-state index contributed by atoms with van der Waals surface area (Å²) >= 11 is 0. The number of nitrogens with zero attached hydrogens (tertiary/aromatic N) is 2. The molecule has 126 valence electrons. The molecule has 3 aromatic rings. The highest BCUT2D eigenvalue weighted by Crippen LogP contribution is 2.21. The molecule has 0 spiro atoms. The molecule has 25 heavy (non-hydrogen) atoms. The Morgan fingerprint density at radius 2 is 1.80 bits per heavy atom. The van der Waals surface area contributed by atoms with Crippen molar-refractivity contribution < 1.29 is 14.1 Å². The number of aromatic nitrogens is 1. The summed E-state index contributed by atoms with van der Waals surface area (Å²) in [5, 5.41) is 13.3. The second-order valence-electron chi connectivity index (χ2n) is 5.41. The average Bonchev–Trinajstić information content (AvgIpc) is 3.11. The highest BCUT2D eigenvalue weighted by atomic mass is 19.1. The third kappa shape index (κ3) is 3.89. The van der Waals surface area contributed by atoms with Crippen molar-refractivity contribution in [2.75, 3.05) is 5.32 Å². The molecule has 1 amide bonds. The summed E-state index contributed by atoms with van der Waals surface area (Å²) in [7, 11) is 0. The highest BCUT2D eigenvalue weighted by molar-refractivity contribution is 5.92. The summed E-state index contributed by atoms with van der Waals surface area (Å²) < 4.78 is 15.2. The number of carbonyl (C=O) groups is 1. The predicted octanol–water partition coefficient (Wildman–Crippen LogP) is 3.71. The van der Waals surface area contributed by atoms with Gasteiger partial charge in [0.1, 0.15) is 0 Å². The van der Waals surface area contributed by atoms with E-state index in [0.29, 0.717) is 0 Å². The standard InChI is InChI=1S/C18H14FN3O3/c19-16-8-5-14(12-17(16)22(24)25)20-18(23)11-13-3-6-15(7-4-13)21-9-1-2-10-21/h1-10,12H,11H2,(H,20,23). The zero-order chi connectivity index (χ0) is 17.8. The van der Waals surface area contributed by atoms with Gasteiger partial charge in [-0.2, -0.15) is 4.39 Å². The van der Waals surface area contributed by atoms with Gasteiger partial charge in [-0.1, -0.05) is 12.1 Å². The maximum atomic E-state index is 13.3. The zero-order valence-electron chi connectivity index (χ0n) is 13.1. The quantitative estimate of drug-likeness (QED) is 0.569. The molecular weight excluding hydrogens is 325 g/mol. The number of nitro benzene ring substituents is 1. The van der Waals surface area contributed by atoms with Crippen molar-refractivity contribution >= 4 is 17.3 Å². The van der Waals surface area contributed by atoms with Crippen LogP contribution in [0.25, 0.3) is 5.69 Å². The van der Waals surface area contributed by atoms with Crippen LogP contribution in [0.1, 0.15) is 5.56 Å². The first-order chi connectivity index (χ1) is 12.0. The Labute approximate surface area is 142 Å². The molecular formula is C18H14FN3O3. The molecule has 1 N–H and O–H groups in total. The van der Waals surface area contributed by atoms with Gasteiger partial charge < -0.3 is 9.88 Å². The molecule has 0 atom stereocenters. The van der Waals surface area contributed by atoms with Crippen LogP contribution in [0.2, 0.25) is 0 Å². The Kier molecular flexibility index (Phi) is 4.56. The first-order valence-corrected chi connectivity index (χ1v) is 7.49. The number of nitrogens with one attached hydrogen (secondary N) is 1. The molecule has 2 aromatic carbocycles. The number of rotatable bonds is 5. The van der Waals surface area contributed by atoms with Crippen LogP contribution in [-0.4, -0.2) is 15.4 Å². The van der Waals surface area contributed by atoms with Crippen LogP contribution in [0, 0.1) is 15.9 Å². The van der Waals surface area contributed by atoms with Crippen LogP contribution in [0.5, 0.6) is 0 Å². The fourth-order valence-electron chi connectivity index (χ4n) is 2.41. The van der Waals surface area contributed by atoms with E-state index in [1.165, 1.54) is 6.07 Å². The first kappa shape index (κ1) is 16.4. The summed E-state index contributed by atoms with van der Waals surface area (Å²) in [6, 6.07) is 14.5. The fourth-order valence-corrected chi connectivity index (χ4v) is 2.41. The van der Waals surface area contributed by atoms with E-state index in [0.717, 1.165) is 23.4 Å². The summed E-state index contributed by atoms with van der Waals surface area (Å²) in [5.41, 5.74) is 1.28. The van der Waals surface area contributed by atoms with E-state index in [1.807, 2.05) is 53.4 Å². The van der Waals surface area contributed by atoms with E-state index in [4.69, 9.17) is 0 Å². The second kappa shape index (κ2) is 6.96. The molecule has 0 fully saturated rings. The third-order valence-electron chi connectivity index (χ3n) is 3.63. The Morgan fingerprint density at radius 3 is 2.44 bits per heavy atom. The Balaban J connectivity index is 1.66. The molecule has 0 aliphatic heterocycles. The second-order valence-corrected chi connectivity index (χ2v) is 5.41. The van der Waals surface area contributed by atoms with Crippen molar-refractivity contribution in [2.24, 2.45) is 0 Å². The summed E-state index contributed by atoms with van der Waals surface area (Å²) in [6.07, 6.45) is 3.95. The maximum Gasteiger partial charge on any atom is 0.306 e. The molecule has 0 unspecified atom stereocenters. The topological polar surface area (TPSA) is 77.2 Å². The lowest BCUT2D eigenvalue weighted by atomic mass is 10.1. The van der Waals surface area contributed by atoms with Gasteiger partial charge in [0.15, 0.2) is 0 Å². The van der Waals surface area contributed by atoms with Crippen molar-refractivity contribution in [3.8, 4) is 5.69 Å². The molecule has 1 aromatic heterocycles. The number of carbonyl (C=O) groups excluding carboxylic acids is 1. The molecule has 0 bridgehead atoms. The summed E-state index contributed by atoms with van der Waals surface area (Å²) in [4.78, 5) is 22.0. The van der Waals surface area contributed by atoms with Gasteiger partial charge in [0.05, 0.1) is 11.3 Å². The number of benzene rings is 2. The number of hydrogen-bond donors (Lipinski definition) is 1. The maximum absolute atomic E-state index is 13.3. The van der Waals surface area contributed by atoms with Crippen molar-refractivity contribution in [1.29, 1.82) is 0 Å². The molecule has 6 nitrogen and oxygen atoms in total. The van der Waals surface area contributed by atoms with Crippen LogP contribution in [0.3, 0.4) is 0 Å². The van der Waals surface area contributed by atoms with Crippen molar-refractivity contribution in [2.45, 2.75) is 6.42 Å². The van der Waals surface area contributed by atoms with Crippen LogP contribution in [0.4, 0.5) is 15.8 Å². The predicted molar refractivity (Wildman–Crippen MR) is 91.2 cm³/mol. The fraction of sp³-hybridized carbons (Fsp3) is 0.0556. The normalized spacial score (nSPS) is 10.4. The van der Waals surface area contributed by atoms with Crippen LogP contribution in [-0.2, 0) is 11.2 Å². The minimum absolute atomic E-state index is 0.108. The average molecular weight is 339 g/mol. The molecule has 7 heteroatoms. The Hall–Kier alpha value is -3.48. The van der Waals surface area contributed by atoms with E-state index < -0.39 is 16.4 Å². The third-order valence-corrected chi connectivity index (χ3v) is 3.63. The Bertz CT molecular complexity index is 906. The van der Waals surface area contributed by atoms with Gasteiger partial charge in [0.25, 0.3) is 0 Å². The number of halogens is 1.